The van der Waals surface area contributed by atoms with Gasteiger partial charge in [-0.05, 0) is 12.8 Å². The first-order valence-corrected chi connectivity index (χ1v) is 3.74. The van der Waals surface area contributed by atoms with E-state index in [1.54, 1.807) is 0 Å². The van der Waals surface area contributed by atoms with Crippen LogP contribution in [0.3, 0.4) is 0 Å². The summed E-state index contributed by atoms with van der Waals surface area (Å²) in [6, 6.07) is 0. The van der Waals surface area contributed by atoms with Crippen LogP contribution in [0.2, 0.25) is 0 Å². The van der Waals surface area contributed by atoms with Crippen LogP contribution in [0.15, 0.2) is 12.2 Å². The fourth-order valence-electron chi connectivity index (χ4n) is 1.59. The minimum absolute atomic E-state index is 0.597. The fourth-order valence-corrected chi connectivity index (χ4v) is 1.59. The van der Waals surface area contributed by atoms with E-state index in [1.807, 2.05) is 0 Å². The van der Waals surface area contributed by atoms with E-state index in [-0.39, 0.29) is 0 Å². The van der Waals surface area contributed by atoms with Crippen molar-refractivity contribution in [2.75, 3.05) is 0 Å². The highest BCUT2D eigenvalue weighted by molar-refractivity contribution is 5.08. The van der Waals surface area contributed by atoms with Gasteiger partial charge in [-0.15, -0.1) is 0 Å². The van der Waals surface area contributed by atoms with Crippen molar-refractivity contribution in [3.8, 4) is 0 Å². The van der Waals surface area contributed by atoms with Gasteiger partial charge in [-0.3, -0.25) is 0 Å². The summed E-state index contributed by atoms with van der Waals surface area (Å²) in [6.07, 6.45) is 8.13. The summed E-state index contributed by atoms with van der Waals surface area (Å²) in [7, 11) is 0. The first-order chi connectivity index (χ1) is 4.42. The molecule has 0 aromatic rings. The summed E-state index contributed by atoms with van der Waals surface area (Å²) in [6.45, 7) is 2.22. The molecule has 0 radical (unpaired) electrons. The first kappa shape index (κ1) is 5.48. The Morgan fingerprint density at radius 3 is 3.22 bits per heavy atom. The molecule has 9 heavy (non-hydrogen) atoms. The summed E-state index contributed by atoms with van der Waals surface area (Å²) in [5.74, 6) is 0.726. The van der Waals surface area contributed by atoms with E-state index in [2.05, 4.69) is 19.1 Å². The number of hydrogen-bond acceptors (Lipinski definition) is 1. The SMILES string of the molecule is CCC1C=CCC2OC12. The molecule has 1 heterocycles. The summed E-state index contributed by atoms with van der Waals surface area (Å²) in [4.78, 5) is 0. The van der Waals surface area contributed by atoms with E-state index >= 15 is 0 Å². The maximum atomic E-state index is 5.42. The molecule has 3 unspecified atom stereocenters. The lowest BCUT2D eigenvalue weighted by molar-refractivity contribution is 0.341. The molecule has 2 aliphatic rings. The fraction of sp³-hybridized carbons (Fsp3) is 0.750. The van der Waals surface area contributed by atoms with Gasteiger partial charge in [-0.2, -0.15) is 0 Å². The van der Waals surface area contributed by atoms with Gasteiger partial charge in [0, 0.05) is 5.92 Å². The highest BCUT2D eigenvalue weighted by atomic mass is 16.6. The van der Waals surface area contributed by atoms with Gasteiger partial charge in [0.25, 0.3) is 0 Å². The first-order valence-electron chi connectivity index (χ1n) is 3.74. The van der Waals surface area contributed by atoms with Gasteiger partial charge in [0.1, 0.15) is 0 Å². The van der Waals surface area contributed by atoms with Crippen LogP contribution >= 0.6 is 0 Å². The van der Waals surface area contributed by atoms with Crippen molar-refractivity contribution in [2.45, 2.75) is 32.0 Å². The number of ether oxygens (including phenoxy) is 1. The van der Waals surface area contributed by atoms with Crippen molar-refractivity contribution in [1.82, 2.24) is 0 Å². The Balaban J connectivity index is 2.05. The van der Waals surface area contributed by atoms with Crippen LogP contribution in [0, 0.1) is 5.92 Å². The van der Waals surface area contributed by atoms with Gasteiger partial charge < -0.3 is 4.74 Å². The third-order valence-corrected chi connectivity index (χ3v) is 2.27. The van der Waals surface area contributed by atoms with Crippen LogP contribution in [0.1, 0.15) is 19.8 Å². The second-order valence-corrected chi connectivity index (χ2v) is 2.88. The zero-order valence-corrected chi connectivity index (χ0v) is 5.71. The summed E-state index contributed by atoms with van der Waals surface area (Å²) in [5, 5.41) is 0. The molecule has 3 atom stereocenters. The topological polar surface area (TPSA) is 12.5 Å². The van der Waals surface area contributed by atoms with Crippen molar-refractivity contribution in [3.63, 3.8) is 0 Å². The lowest BCUT2D eigenvalue weighted by atomic mass is 9.94. The maximum Gasteiger partial charge on any atom is 0.0907 e. The monoisotopic (exact) mass is 124 g/mol. The maximum absolute atomic E-state index is 5.42. The Morgan fingerprint density at radius 2 is 2.56 bits per heavy atom. The Bertz CT molecular complexity index is 140. The molecule has 0 saturated carbocycles. The minimum atomic E-state index is 0.597. The molecule has 1 saturated heterocycles. The standard InChI is InChI=1S/C8H12O/c1-2-6-4-3-5-7-8(6)9-7/h3-4,6-8H,2,5H2,1H3. The third-order valence-electron chi connectivity index (χ3n) is 2.27. The number of rotatable bonds is 1. The number of fused-ring (bicyclic) bond motifs is 1. The van der Waals surface area contributed by atoms with Crippen molar-refractivity contribution >= 4 is 0 Å². The number of epoxide rings is 1. The minimum Gasteiger partial charge on any atom is -0.369 e. The van der Waals surface area contributed by atoms with Crippen molar-refractivity contribution in [2.24, 2.45) is 5.92 Å². The third kappa shape index (κ3) is 0.799. The quantitative estimate of drug-likeness (QED) is 0.383. The van der Waals surface area contributed by atoms with Crippen molar-refractivity contribution in [3.05, 3.63) is 12.2 Å². The van der Waals surface area contributed by atoms with Crippen LogP contribution < -0.4 is 0 Å². The average molecular weight is 124 g/mol. The zero-order valence-electron chi connectivity index (χ0n) is 5.71. The van der Waals surface area contributed by atoms with Crippen LogP contribution in [0.4, 0.5) is 0 Å². The van der Waals surface area contributed by atoms with Gasteiger partial charge in [0.15, 0.2) is 0 Å². The lowest BCUT2D eigenvalue weighted by Gasteiger charge is -2.08. The van der Waals surface area contributed by atoms with Crippen molar-refractivity contribution in [1.29, 1.82) is 0 Å². The molecular formula is C8H12O. The van der Waals surface area contributed by atoms with Crippen LogP contribution in [0.5, 0.6) is 0 Å². The molecule has 0 bridgehead atoms. The van der Waals surface area contributed by atoms with E-state index in [1.165, 1.54) is 6.42 Å². The second kappa shape index (κ2) is 1.84. The highest BCUT2D eigenvalue weighted by Crippen LogP contribution is 2.38. The Labute approximate surface area is 55.7 Å². The van der Waals surface area contributed by atoms with E-state index in [0.717, 1.165) is 12.3 Å². The Hall–Kier alpha value is -0.300. The summed E-state index contributed by atoms with van der Waals surface area (Å²) >= 11 is 0. The van der Waals surface area contributed by atoms with E-state index in [0.29, 0.717) is 12.2 Å². The van der Waals surface area contributed by atoms with Crippen molar-refractivity contribution < 1.29 is 4.74 Å². The largest absolute Gasteiger partial charge is 0.369 e. The average Bonchev–Trinajstić information content (AvgIpc) is 2.64. The van der Waals surface area contributed by atoms with Gasteiger partial charge in [0.05, 0.1) is 12.2 Å². The summed E-state index contributed by atoms with van der Waals surface area (Å²) < 4.78 is 5.42. The Kier molecular flexibility index (Phi) is 1.12. The van der Waals surface area contributed by atoms with Crippen LogP contribution in [0.25, 0.3) is 0 Å². The van der Waals surface area contributed by atoms with E-state index in [4.69, 9.17) is 4.74 Å². The second-order valence-electron chi connectivity index (χ2n) is 2.88. The Morgan fingerprint density at radius 1 is 1.67 bits per heavy atom. The molecule has 1 nitrogen and oxygen atoms in total. The molecule has 0 spiro atoms. The zero-order chi connectivity index (χ0) is 6.27. The normalized spacial score (nSPS) is 46.6. The predicted octanol–water partition coefficient (Wildman–Crippen LogP) is 1.74. The van der Waals surface area contributed by atoms with Crippen LogP contribution in [-0.4, -0.2) is 12.2 Å². The molecule has 0 aromatic heterocycles. The van der Waals surface area contributed by atoms with Gasteiger partial charge in [-0.25, -0.2) is 0 Å². The number of hydrogen-bond donors (Lipinski definition) is 0. The molecule has 1 heteroatoms. The molecule has 0 amide bonds. The molecule has 0 N–H and O–H groups in total. The van der Waals surface area contributed by atoms with E-state index in [9.17, 15) is 0 Å². The molecule has 1 fully saturated rings. The molecule has 1 aliphatic carbocycles. The molecular weight excluding hydrogens is 112 g/mol. The highest BCUT2D eigenvalue weighted by Gasteiger charge is 2.43. The smallest absolute Gasteiger partial charge is 0.0907 e. The van der Waals surface area contributed by atoms with E-state index < -0.39 is 0 Å². The van der Waals surface area contributed by atoms with Gasteiger partial charge in [-0.1, -0.05) is 19.1 Å². The molecule has 1 aliphatic heterocycles. The van der Waals surface area contributed by atoms with Gasteiger partial charge >= 0.3 is 0 Å². The van der Waals surface area contributed by atoms with Gasteiger partial charge in [0.2, 0.25) is 0 Å². The molecule has 50 valence electrons. The summed E-state index contributed by atoms with van der Waals surface area (Å²) in [5.41, 5.74) is 0. The molecule has 0 aromatic carbocycles. The molecule has 2 rings (SSSR count). The lowest BCUT2D eigenvalue weighted by Crippen LogP contribution is -2.10. The predicted molar refractivity (Wildman–Crippen MR) is 36.2 cm³/mol. The van der Waals surface area contributed by atoms with Crippen LogP contribution in [-0.2, 0) is 4.74 Å².